The second-order valence-corrected chi connectivity index (χ2v) is 5.26. The summed E-state index contributed by atoms with van der Waals surface area (Å²) in [6, 6.07) is 16.1. The minimum Gasteiger partial charge on any atom is -0.270 e. The molecular weight excluding hydrogens is 300 g/mol. The zero-order chi connectivity index (χ0) is 15.5. The fourth-order valence-corrected chi connectivity index (χ4v) is 2.65. The number of para-hydroxylation sites is 1. The number of hydrogen-bond acceptors (Lipinski definition) is 5. The standard InChI is InChI=1S/C15H12N4O2S/c1-22-15-17-16-14(18(15)12-7-3-2-4-8-12)11-6-5-9-13(10-11)19(20)21/h2-10H,1H3. The summed E-state index contributed by atoms with van der Waals surface area (Å²) in [7, 11) is 0. The molecule has 0 N–H and O–H groups in total. The Morgan fingerprint density at radius 2 is 1.86 bits per heavy atom. The van der Waals surface area contributed by atoms with Crippen molar-refractivity contribution in [2.75, 3.05) is 6.26 Å². The van der Waals surface area contributed by atoms with Crippen molar-refractivity contribution < 1.29 is 4.92 Å². The van der Waals surface area contributed by atoms with Crippen LogP contribution < -0.4 is 0 Å². The molecule has 0 spiro atoms. The van der Waals surface area contributed by atoms with Crippen LogP contribution in [-0.2, 0) is 0 Å². The first-order chi connectivity index (χ1) is 10.7. The minimum atomic E-state index is -0.414. The number of thioether (sulfide) groups is 1. The third-order valence-electron chi connectivity index (χ3n) is 3.15. The monoisotopic (exact) mass is 312 g/mol. The summed E-state index contributed by atoms with van der Waals surface area (Å²) in [5, 5.41) is 20.1. The van der Waals surface area contributed by atoms with E-state index in [0.717, 1.165) is 10.8 Å². The van der Waals surface area contributed by atoms with Crippen LogP contribution in [0.15, 0.2) is 59.8 Å². The molecule has 0 aliphatic rings. The Morgan fingerprint density at radius 1 is 1.09 bits per heavy atom. The molecule has 0 bridgehead atoms. The van der Waals surface area contributed by atoms with E-state index in [4.69, 9.17) is 0 Å². The zero-order valence-electron chi connectivity index (χ0n) is 11.7. The van der Waals surface area contributed by atoms with Crippen LogP contribution in [0.5, 0.6) is 0 Å². The van der Waals surface area contributed by atoms with Crippen LogP contribution in [0.25, 0.3) is 17.1 Å². The van der Waals surface area contributed by atoms with Crippen LogP contribution in [0.3, 0.4) is 0 Å². The average molecular weight is 312 g/mol. The molecule has 22 heavy (non-hydrogen) atoms. The quantitative estimate of drug-likeness (QED) is 0.418. The number of nitrogens with zero attached hydrogens (tertiary/aromatic N) is 4. The predicted molar refractivity (Wildman–Crippen MR) is 85.2 cm³/mol. The lowest BCUT2D eigenvalue weighted by molar-refractivity contribution is -0.384. The van der Waals surface area contributed by atoms with Crippen LogP contribution in [-0.4, -0.2) is 25.9 Å². The molecule has 0 saturated carbocycles. The predicted octanol–water partition coefficient (Wildman–Crippen LogP) is 3.56. The van der Waals surface area contributed by atoms with E-state index in [-0.39, 0.29) is 5.69 Å². The Kier molecular flexibility index (Phi) is 3.88. The summed E-state index contributed by atoms with van der Waals surface area (Å²) in [6.45, 7) is 0. The number of nitro groups is 1. The highest BCUT2D eigenvalue weighted by atomic mass is 32.2. The third-order valence-corrected chi connectivity index (χ3v) is 3.77. The second kappa shape index (κ2) is 5.98. The zero-order valence-corrected chi connectivity index (χ0v) is 12.5. The van der Waals surface area contributed by atoms with Crippen molar-refractivity contribution in [3.05, 3.63) is 64.7 Å². The first kappa shape index (κ1) is 14.3. The van der Waals surface area contributed by atoms with Crippen LogP contribution in [0.2, 0.25) is 0 Å². The third kappa shape index (κ3) is 2.58. The number of rotatable bonds is 4. The van der Waals surface area contributed by atoms with E-state index >= 15 is 0 Å². The van der Waals surface area contributed by atoms with E-state index < -0.39 is 4.92 Å². The molecule has 3 aromatic rings. The fraction of sp³-hybridized carbons (Fsp3) is 0.0667. The number of non-ortho nitro benzene ring substituents is 1. The van der Waals surface area contributed by atoms with Gasteiger partial charge in [0.05, 0.1) is 4.92 Å². The number of benzene rings is 2. The summed E-state index contributed by atoms with van der Waals surface area (Å²) in [6.07, 6.45) is 1.92. The Morgan fingerprint density at radius 3 is 2.55 bits per heavy atom. The van der Waals surface area contributed by atoms with Gasteiger partial charge in [-0.2, -0.15) is 0 Å². The average Bonchev–Trinajstić information content (AvgIpc) is 2.99. The molecular formula is C15H12N4O2S. The van der Waals surface area contributed by atoms with Crippen LogP contribution in [0, 0.1) is 10.1 Å². The molecule has 0 aliphatic carbocycles. The van der Waals surface area contributed by atoms with E-state index in [2.05, 4.69) is 10.2 Å². The van der Waals surface area contributed by atoms with Crippen molar-refractivity contribution >= 4 is 17.4 Å². The second-order valence-electron chi connectivity index (χ2n) is 4.49. The van der Waals surface area contributed by atoms with Crippen molar-refractivity contribution in [1.29, 1.82) is 0 Å². The van der Waals surface area contributed by atoms with Gasteiger partial charge < -0.3 is 0 Å². The Bertz CT molecular complexity index is 817. The van der Waals surface area contributed by atoms with E-state index in [1.165, 1.54) is 23.9 Å². The van der Waals surface area contributed by atoms with Crippen LogP contribution in [0.4, 0.5) is 5.69 Å². The van der Waals surface area contributed by atoms with E-state index in [0.29, 0.717) is 11.4 Å². The molecule has 7 heteroatoms. The van der Waals surface area contributed by atoms with Gasteiger partial charge in [-0.25, -0.2) is 0 Å². The molecule has 0 aliphatic heterocycles. The Hall–Kier alpha value is -2.67. The highest BCUT2D eigenvalue weighted by molar-refractivity contribution is 7.98. The summed E-state index contributed by atoms with van der Waals surface area (Å²) in [4.78, 5) is 10.5. The molecule has 0 saturated heterocycles. The maximum Gasteiger partial charge on any atom is 0.270 e. The molecule has 1 aromatic heterocycles. The first-order valence-electron chi connectivity index (χ1n) is 6.50. The molecule has 0 fully saturated rings. The van der Waals surface area contributed by atoms with Gasteiger partial charge in [-0.15, -0.1) is 10.2 Å². The number of hydrogen-bond donors (Lipinski definition) is 0. The summed E-state index contributed by atoms with van der Waals surface area (Å²) in [5.41, 5.74) is 1.61. The lowest BCUT2D eigenvalue weighted by Crippen LogP contribution is -1.99. The van der Waals surface area contributed by atoms with Gasteiger partial charge in [0.2, 0.25) is 0 Å². The maximum absolute atomic E-state index is 11.0. The summed E-state index contributed by atoms with van der Waals surface area (Å²) in [5.74, 6) is 0.583. The van der Waals surface area contributed by atoms with Gasteiger partial charge in [0, 0.05) is 23.4 Å². The fourth-order valence-electron chi connectivity index (χ4n) is 2.16. The van der Waals surface area contributed by atoms with Crippen molar-refractivity contribution in [2.24, 2.45) is 0 Å². The van der Waals surface area contributed by atoms with E-state index in [1.807, 2.05) is 41.2 Å². The van der Waals surface area contributed by atoms with Crippen LogP contribution >= 0.6 is 11.8 Å². The summed E-state index contributed by atoms with van der Waals surface area (Å²) >= 11 is 1.47. The van der Waals surface area contributed by atoms with Crippen molar-refractivity contribution in [3.63, 3.8) is 0 Å². The van der Waals surface area contributed by atoms with Gasteiger partial charge >= 0.3 is 0 Å². The molecule has 6 nitrogen and oxygen atoms in total. The van der Waals surface area contributed by atoms with Gasteiger partial charge in [-0.05, 0) is 18.4 Å². The molecule has 0 radical (unpaired) electrons. The molecule has 0 unspecified atom stereocenters. The lowest BCUT2D eigenvalue weighted by atomic mass is 10.2. The molecule has 3 rings (SSSR count). The summed E-state index contributed by atoms with van der Waals surface area (Å²) < 4.78 is 1.89. The van der Waals surface area contributed by atoms with Crippen molar-refractivity contribution in [3.8, 4) is 17.1 Å². The Balaban J connectivity index is 2.18. The molecule has 2 aromatic carbocycles. The van der Waals surface area contributed by atoms with Gasteiger partial charge in [-0.1, -0.05) is 42.1 Å². The largest absolute Gasteiger partial charge is 0.270 e. The van der Waals surface area contributed by atoms with Crippen molar-refractivity contribution in [2.45, 2.75) is 5.16 Å². The first-order valence-corrected chi connectivity index (χ1v) is 7.73. The molecule has 0 atom stereocenters. The minimum absolute atomic E-state index is 0.0332. The normalized spacial score (nSPS) is 10.6. The van der Waals surface area contributed by atoms with Crippen molar-refractivity contribution in [1.82, 2.24) is 14.8 Å². The number of aromatic nitrogens is 3. The molecule has 0 amide bonds. The smallest absolute Gasteiger partial charge is 0.270 e. The number of nitro benzene ring substituents is 1. The SMILES string of the molecule is CSc1nnc(-c2cccc([N+](=O)[O-])c2)n1-c1ccccc1. The van der Waals surface area contributed by atoms with E-state index in [9.17, 15) is 10.1 Å². The van der Waals surface area contributed by atoms with Gasteiger partial charge in [0.15, 0.2) is 11.0 Å². The van der Waals surface area contributed by atoms with Gasteiger partial charge in [0.1, 0.15) is 0 Å². The molecule has 1 heterocycles. The lowest BCUT2D eigenvalue weighted by Gasteiger charge is -2.09. The highest BCUT2D eigenvalue weighted by Crippen LogP contribution is 2.28. The maximum atomic E-state index is 11.0. The van der Waals surface area contributed by atoms with Crippen LogP contribution in [0.1, 0.15) is 0 Å². The Labute approximate surface area is 131 Å². The highest BCUT2D eigenvalue weighted by Gasteiger charge is 2.16. The topological polar surface area (TPSA) is 73.8 Å². The molecule has 110 valence electrons. The van der Waals surface area contributed by atoms with E-state index in [1.54, 1.807) is 12.1 Å². The van der Waals surface area contributed by atoms with Gasteiger partial charge in [0.25, 0.3) is 5.69 Å². The van der Waals surface area contributed by atoms with Gasteiger partial charge in [-0.3, -0.25) is 14.7 Å².